The van der Waals surface area contributed by atoms with Gasteiger partial charge in [0, 0.05) is 17.8 Å². The van der Waals surface area contributed by atoms with Gasteiger partial charge in [-0.15, -0.1) is 0 Å². The Morgan fingerprint density at radius 2 is 2.00 bits per heavy atom. The van der Waals surface area contributed by atoms with Gasteiger partial charge < -0.3 is 16.2 Å². The van der Waals surface area contributed by atoms with E-state index in [2.05, 4.69) is 16.5 Å². The molecule has 162 valence electrons. The molecule has 4 aliphatic rings. The number of benzene rings is 1. The maximum absolute atomic E-state index is 12.3. The first-order chi connectivity index (χ1) is 15.4. The van der Waals surface area contributed by atoms with Gasteiger partial charge in [0.1, 0.15) is 0 Å². The third-order valence-electron chi connectivity index (χ3n) is 7.78. The predicted molar refractivity (Wildman–Crippen MR) is 120 cm³/mol. The number of amides is 1. The molecule has 0 spiro atoms. The lowest BCUT2D eigenvalue weighted by atomic mass is 9.52. The zero-order chi connectivity index (χ0) is 22.0. The SMILES string of the molecule is N#Cc1cccc(-c2cc3c(NC4C5CC6CC4CC(O)(C6)C5)c(C(N)=O)cnn3c2)c1. The molecule has 7 rings (SSSR count). The number of fused-ring (bicyclic) bond motifs is 1. The number of rotatable bonds is 4. The maximum Gasteiger partial charge on any atom is 0.252 e. The van der Waals surface area contributed by atoms with Gasteiger partial charge >= 0.3 is 0 Å². The van der Waals surface area contributed by atoms with Crippen molar-refractivity contribution in [1.82, 2.24) is 9.61 Å². The van der Waals surface area contributed by atoms with E-state index in [0.29, 0.717) is 34.6 Å². The first kappa shape index (κ1) is 19.3. The van der Waals surface area contributed by atoms with Gasteiger partial charge in [0.2, 0.25) is 0 Å². The summed E-state index contributed by atoms with van der Waals surface area (Å²) in [4.78, 5) is 12.3. The molecule has 2 heterocycles. The molecule has 0 aliphatic heterocycles. The summed E-state index contributed by atoms with van der Waals surface area (Å²) in [5, 5.41) is 28.3. The summed E-state index contributed by atoms with van der Waals surface area (Å²) >= 11 is 0. The minimum Gasteiger partial charge on any atom is -0.390 e. The van der Waals surface area contributed by atoms with Crippen molar-refractivity contribution in [2.24, 2.45) is 23.5 Å². The summed E-state index contributed by atoms with van der Waals surface area (Å²) in [5.74, 6) is 0.874. The lowest BCUT2D eigenvalue weighted by Gasteiger charge is -2.58. The van der Waals surface area contributed by atoms with Gasteiger partial charge in [0.05, 0.1) is 40.2 Å². The van der Waals surface area contributed by atoms with Crippen molar-refractivity contribution < 1.29 is 9.90 Å². The van der Waals surface area contributed by atoms with Crippen LogP contribution in [0.15, 0.2) is 42.7 Å². The summed E-state index contributed by atoms with van der Waals surface area (Å²) < 4.78 is 1.76. The standard InChI is InChI=1S/C25H25N5O2/c26-11-14-2-1-3-16(4-14)19-7-21-23(20(24(27)31)12-28-30(21)13-19)29-22-17-5-15-6-18(22)10-25(32,8-15)9-17/h1-4,7,12-13,15,17-18,22,29,32H,5-6,8-10H2,(H2,27,31). The van der Waals surface area contributed by atoms with Crippen molar-refractivity contribution >= 4 is 17.1 Å². The van der Waals surface area contributed by atoms with E-state index in [1.807, 2.05) is 30.5 Å². The Morgan fingerprint density at radius 3 is 2.69 bits per heavy atom. The molecule has 1 aromatic carbocycles. The smallest absolute Gasteiger partial charge is 0.252 e. The van der Waals surface area contributed by atoms with Crippen LogP contribution in [-0.4, -0.2) is 32.3 Å². The second-order valence-corrected chi connectivity index (χ2v) is 9.91. The molecule has 0 saturated heterocycles. The predicted octanol–water partition coefficient (Wildman–Crippen LogP) is 3.32. The Labute approximate surface area is 185 Å². The molecule has 4 fully saturated rings. The highest BCUT2D eigenvalue weighted by Crippen LogP contribution is 2.56. The number of nitrogens with one attached hydrogen (secondary N) is 1. The van der Waals surface area contributed by atoms with E-state index >= 15 is 0 Å². The van der Waals surface area contributed by atoms with Crippen LogP contribution in [0.5, 0.6) is 0 Å². The molecule has 2 unspecified atom stereocenters. The number of hydrogen-bond acceptors (Lipinski definition) is 5. The lowest BCUT2D eigenvalue weighted by Crippen LogP contribution is -2.59. The molecule has 3 aromatic rings. The Bertz CT molecular complexity index is 1270. The lowest BCUT2D eigenvalue weighted by molar-refractivity contribution is -0.129. The second kappa shape index (κ2) is 6.81. The number of nitriles is 1. The number of nitrogens with two attached hydrogens (primary N) is 1. The third-order valence-corrected chi connectivity index (χ3v) is 7.78. The number of carbonyl (C=O) groups is 1. The summed E-state index contributed by atoms with van der Waals surface area (Å²) in [6, 6.07) is 11.8. The van der Waals surface area contributed by atoms with Crippen LogP contribution < -0.4 is 11.1 Å². The Hall–Kier alpha value is -3.37. The summed E-state index contributed by atoms with van der Waals surface area (Å²) in [5.41, 5.74) is 9.51. The number of nitrogens with zero attached hydrogens (tertiary/aromatic N) is 3. The van der Waals surface area contributed by atoms with Gasteiger partial charge in [0.25, 0.3) is 5.91 Å². The van der Waals surface area contributed by atoms with E-state index in [-0.39, 0.29) is 6.04 Å². The minimum atomic E-state index is -0.515. The molecule has 4 saturated carbocycles. The molecular weight excluding hydrogens is 402 g/mol. The van der Waals surface area contributed by atoms with E-state index < -0.39 is 11.5 Å². The van der Waals surface area contributed by atoms with Gasteiger partial charge in [-0.25, -0.2) is 4.52 Å². The summed E-state index contributed by atoms with van der Waals surface area (Å²) in [6.45, 7) is 0. The average Bonchev–Trinajstić information content (AvgIpc) is 3.20. The van der Waals surface area contributed by atoms with Crippen LogP contribution in [0.25, 0.3) is 16.6 Å². The minimum absolute atomic E-state index is 0.205. The van der Waals surface area contributed by atoms with Gasteiger partial charge in [-0.3, -0.25) is 4.79 Å². The quantitative estimate of drug-likeness (QED) is 0.591. The van der Waals surface area contributed by atoms with Crippen LogP contribution in [0.3, 0.4) is 0 Å². The second-order valence-electron chi connectivity index (χ2n) is 9.91. The van der Waals surface area contributed by atoms with Gasteiger partial charge in [-0.1, -0.05) is 12.1 Å². The molecule has 4 aliphatic carbocycles. The number of hydrogen-bond donors (Lipinski definition) is 3. The Morgan fingerprint density at radius 1 is 1.22 bits per heavy atom. The van der Waals surface area contributed by atoms with Crippen molar-refractivity contribution in [2.75, 3.05) is 5.32 Å². The largest absolute Gasteiger partial charge is 0.390 e. The van der Waals surface area contributed by atoms with Crippen LogP contribution >= 0.6 is 0 Å². The number of primary amides is 1. The molecular formula is C25H25N5O2. The van der Waals surface area contributed by atoms with E-state index in [0.717, 1.165) is 48.7 Å². The summed E-state index contributed by atoms with van der Waals surface area (Å²) in [7, 11) is 0. The zero-order valence-corrected chi connectivity index (χ0v) is 17.7. The van der Waals surface area contributed by atoms with Crippen molar-refractivity contribution in [3.05, 3.63) is 53.9 Å². The molecule has 2 aromatic heterocycles. The van der Waals surface area contributed by atoms with E-state index in [1.54, 1.807) is 10.6 Å². The fourth-order valence-corrected chi connectivity index (χ4v) is 6.71. The first-order valence-electron chi connectivity index (χ1n) is 11.2. The average molecular weight is 428 g/mol. The molecule has 4 bridgehead atoms. The molecule has 2 atom stereocenters. The van der Waals surface area contributed by atoms with Crippen LogP contribution in [0.4, 0.5) is 5.69 Å². The summed E-state index contributed by atoms with van der Waals surface area (Å²) in [6.07, 6.45) is 8.24. The van der Waals surface area contributed by atoms with Crippen LogP contribution in [-0.2, 0) is 0 Å². The fourth-order valence-electron chi connectivity index (χ4n) is 6.71. The number of anilines is 1. The highest BCUT2D eigenvalue weighted by molar-refractivity contribution is 6.02. The normalized spacial score (nSPS) is 30.4. The maximum atomic E-state index is 12.3. The van der Waals surface area contributed by atoms with Crippen LogP contribution in [0.2, 0.25) is 0 Å². The topological polar surface area (TPSA) is 116 Å². The number of aromatic nitrogens is 2. The van der Waals surface area contributed by atoms with Crippen molar-refractivity contribution in [3.8, 4) is 17.2 Å². The highest BCUT2D eigenvalue weighted by atomic mass is 16.3. The highest BCUT2D eigenvalue weighted by Gasteiger charge is 2.54. The van der Waals surface area contributed by atoms with Crippen molar-refractivity contribution in [1.29, 1.82) is 5.26 Å². The molecule has 0 radical (unpaired) electrons. The van der Waals surface area contributed by atoms with Gasteiger partial charge in [-0.05, 0) is 73.6 Å². The number of carbonyl (C=O) groups excluding carboxylic acids is 1. The fraction of sp³-hybridized carbons (Fsp3) is 0.400. The molecule has 4 N–H and O–H groups in total. The number of aliphatic hydroxyl groups is 1. The van der Waals surface area contributed by atoms with E-state index in [1.165, 1.54) is 6.20 Å². The Kier molecular flexibility index (Phi) is 4.11. The third kappa shape index (κ3) is 2.98. The first-order valence-corrected chi connectivity index (χ1v) is 11.2. The zero-order valence-electron chi connectivity index (χ0n) is 17.7. The van der Waals surface area contributed by atoms with Crippen molar-refractivity contribution in [3.63, 3.8) is 0 Å². The van der Waals surface area contributed by atoms with E-state index in [4.69, 9.17) is 5.73 Å². The monoisotopic (exact) mass is 427 g/mol. The molecule has 7 heteroatoms. The Balaban J connectivity index is 1.42. The van der Waals surface area contributed by atoms with Crippen LogP contribution in [0.1, 0.15) is 48.0 Å². The van der Waals surface area contributed by atoms with Gasteiger partial charge in [0.15, 0.2) is 0 Å². The van der Waals surface area contributed by atoms with Crippen molar-refractivity contribution in [2.45, 2.75) is 43.7 Å². The molecule has 32 heavy (non-hydrogen) atoms. The molecule has 7 nitrogen and oxygen atoms in total. The van der Waals surface area contributed by atoms with E-state index in [9.17, 15) is 15.2 Å². The molecule has 1 amide bonds. The van der Waals surface area contributed by atoms with Gasteiger partial charge in [-0.2, -0.15) is 10.4 Å². The van der Waals surface area contributed by atoms with Crippen LogP contribution in [0, 0.1) is 29.1 Å².